The fraction of sp³-hybridized carbons (Fsp3) is 0.500. The molecule has 2 heterocycles. The Morgan fingerprint density at radius 1 is 1.40 bits per heavy atom. The van der Waals surface area contributed by atoms with Gasteiger partial charge in [-0.15, -0.1) is 0 Å². The lowest BCUT2D eigenvalue weighted by Crippen LogP contribution is -2.38. The molecule has 4 nitrogen and oxygen atoms in total. The van der Waals surface area contributed by atoms with E-state index in [0.29, 0.717) is 12.3 Å². The highest BCUT2D eigenvalue weighted by Crippen LogP contribution is 2.19. The van der Waals surface area contributed by atoms with E-state index in [-0.39, 0.29) is 5.91 Å². The Balaban J connectivity index is 1.70. The molecule has 3 rings (SSSR count). The fourth-order valence-electron chi connectivity index (χ4n) is 2.74. The first-order valence-electron chi connectivity index (χ1n) is 7.25. The average molecular weight is 272 g/mol. The number of carbonyl (C=O) groups excluding carboxylic acids is 1. The summed E-state index contributed by atoms with van der Waals surface area (Å²) in [4.78, 5) is 18.6. The fourth-order valence-corrected chi connectivity index (χ4v) is 2.74. The number of fused-ring (bicyclic) bond motifs is 1. The summed E-state index contributed by atoms with van der Waals surface area (Å²) in [5.74, 6) is 1.62. The van der Waals surface area contributed by atoms with Gasteiger partial charge in [0.15, 0.2) is 11.5 Å². The molecule has 0 radical (unpaired) electrons. The number of piperidine rings is 1. The van der Waals surface area contributed by atoms with Crippen LogP contribution >= 0.6 is 0 Å². The molecule has 1 saturated heterocycles. The molecule has 1 aliphatic heterocycles. The summed E-state index contributed by atoms with van der Waals surface area (Å²) in [5, 5.41) is 0. The molecule has 0 bridgehead atoms. The minimum atomic E-state index is 0.219. The smallest absolute Gasteiger partial charge is 0.226 e. The van der Waals surface area contributed by atoms with Crippen molar-refractivity contribution in [1.29, 1.82) is 0 Å². The van der Waals surface area contributed by atoms with Crippen molar-refractivity contribution in [3.05, 3.63) is 29.7 Å². The first-order valence-corrected chi connectivity index (χ1v) is 7.25. The normalized spacial score (nSPS) is 16.8. The van der Waals surface area contributed by atoms with Crippen molar-refractivity contribution >= 4 is 17.0 Å². The summed E-state index contributed by atoms with van der Waals surface area (Å²) in [5.41, 5.74) is 2.62. The highest BCUT2D eigenvalue weighted by molar-refractivity contribution is 5.81. The van der Waals surface area contributed by atoms with Crippen LogP contribution < -0.4 is 0 Å². The Hall–Kier alpha value is -1.84. The number of hydrogen-bond acceptors (Lipinski definition) is 3. The summed E-state index contributed by atoms with van der Waals surface area (Å²) in [7, 11) is 0. The van der Waals surface area contributed by atoms with Crippen molar-refractivity contribution in [3.63, 3.8) is 0 Å². The Morgan fingerprint density at radius 3 is 2.90 bits per heavy atom. The molecule has 2 aromatic rings. The summed E-state index contributed by atoms with van der Waals surface area (Å²) in [6.45, 7) is 5.87. The molecule has 106 valence electrons. The molecular formula is C16H20N2O2. The van der Waals surface area contributed by atoms with Crippen molar-refractivity contribution in [2.24, 2.45) is 5.92 Å². The monoisotopic (exact) mass is 272 g/mol. The summed E-state index contributed by atoms with van der Waals surface area (Å²) >= 11 is 0. The van der Waals surface area contributed by atoms with Crippen molar-refractivity contribution in [1.82, 2.24) is 9.88 Å². The highest BCUT2D eigenvalue weighted by atomic mass is 16.3. The molecule has 20 heavy (non-hydrogen) atoms. The van der Waals surface area contributed by atoms with Gasteiger partial charge in [0.2, 0.25) is 5.91 Å². The van der Waals surface area contributed by atoms with Crippen molar-refractivity contribution in [2.75, 3.05) is 13.1 Å². The van der Waals surface area contributed by atoms with Crippen LogP contribution in [-0.2, 0) is 11.2 Å². The van der Waals surface area contributed by atoms with Crippen LogP contribution in [0.15, 0.2) is 22.6 Å². The van der Waals surface area contributed by atoms with E-state index in [4.69, 9.17) is 4.42 Å². The van der Waals surface area contributed by atoms with Crippen LogP contribution in [-0.4, -0.2) is 28.9 Å². The molecule has 1 aromatic heterocycles. The van der Waals surface area contributed by atoms with Crippen LogP contribution in [0.2, 0.25) is 0 Å². The molecule has 1 aliphatic rings. The van der Waals surface area contributed by atoms with E-state index in [0.717, 1.165) is 48.5 Å². The Kier molecular flexibility index (Phi) is 3.47. The van der Waals surface area contributed by atoms with Gasteiger partial charge in [0.25, 0.3) is 0 Å². The molecule has 0 spiro atoms. The predicted octanol–water partition coefficient (Wildman–Crippen LogP) is 2.94. The first-order chi connectivity index (χ1) is 9.61. The van der Waals surface area contributed by atoms with Gasteiger partial charge in [-0.25, -0.2) is 4.98 Å². The third kappa shape index (κ3) is 2.69. The Labute approximate surface area is 118 Å². The summed E-state index contributed by atoms with van der Waals surface area (Å²) < 4.78 is 5.45. The number of oxazole rings is 1. The third-order valence-corrected chi connectivity index (χ3v) is 4.05. The van der Waals surface area contributed by atoms with Gasteiger partial charge in [-0.2, -0.15) is 0 Å². The molecule has 1 aromatic carbocycles. The number of nitrogens with zero attached hydrogens (tertiary/aromatic N) is 2. The van der Waals surface area contributed by atoms with Crippen LogP contribution in [0.1, 0.15) is 31.2 Å². The van der Waals surface area contributed by atoms with Gasteiger partial charge in [-0.1, -0.05) is 13.0 Å². The van der Waals surface area contributed by atoms with Gasteiger partial charge < -0.3 is 9.32 Å². The lowest BCUT2D eigenvalue weighted by Gasteiger charge is -2.30. The van der Waals surface area contributed by atoms with E-state index in [9.17, 15) is 4.79 Å². The molecule has 4 heteroatoms. The van der Waals surface area contributed by atoms with Gasteiger partial charge in [-0.3, -0.25) is 4.79 Å². The zero-order valence-electron chi connectivity index (χ0n) is 12.1. The molecule has 1 amide bonds. The number of hydrogen-bond donors (Lipinski definition) is 0. The quantitative estimate of drug-likeness (QED) is 0.844. The molecule has 1 fully saturated rings. The van der Waals surface area contributed by atoms with E-state index in [2.05, 4.69) is 11.9 Å². The van der Waals surface area contributed by atoms with Gasteiger partial charge in [-0.05, 0) is 36.5 Å². The van der Waals surface area contributed by atoms with Crippen LogP contribution in [0.5, 0.6) is 0 Å². The number of aryl methyl sites for hydroxylation is 1. The molecule has 0 N–H and O–H groups in total. The average Bonchev–Trinajstić information content (AvgIpc) is 2.78. The number of likely N-dealkylation sites (tertiary alicyclic amines) is 1. The van der Waals surface area contributed by atoms with Gasteiger partial charge in [0.1, 0.15) is 5.52 Å². The Bertz CT molecular complexity index is 624. The largest absolute Gasteiger partial charge is 0.441 e. The predicted molar refractivity (Wildman–Crippen MR) is 77.4 cm³/mol. The van der Waals surface area contributed by atoms with Gasteiger partial charge >= 0.3 is 0 Å². The number of amides is 1. The molecular weight excluding hydrogens is 252 g/mol. The Morgan fingerprint density at radius 2 is 2.15 bits per heavy atom. The second-order valence-electron chi connectivity index (χ2n) is 5.78. The van der Waals surface area contributed by atoms with Gasteiger partial charge in [0, 0.05) is 20.0 Å². The van der Waals surface area contributed by atoms with Crippen LogP contribution in [0.4, 0.5) is 0 Å². The lowest BCUT2D eigenvalue weighted by atomic mass is 9.98. The van der Waals surface area contributed by atoms with E-state index in [1.165, 1.54) is 0 Å². The number of aromatic nitrogens is 1. The molecule has 0 unspecified atom stereocenters. The molecule has 0 saturated carbocycles. The molecule has 0 atom stereocenters. The van der Waals surface area contributed by atoms with Crippen molar-refractivity contribution in [2.45, 2.75) is 33.1 Å². The minimum absolute atomic E-state index is 0.219. The summed E-state index contributed by atoms with van der Waals surface area (Å²) in [6.07, 6.45) is 2.69. The van der Waals surface area contributed by atoms with E-state index in [1.54, 1.807) is 0 Å². The number of carbonyl (C=O) groups is 1. The van der Waals surface area contributed by atoms with E-state index in [1.807, 2.05) is 30.0 Å². The van der Waals surface area contributed by atoms with Crippen LogP contribution in [0, 0.1) is 12.8 Å². The second-order valence-corrected chi connectivity index (χ2v) is 5.78. The highest BCUT2D eigenvalue weighted by Gasteiger charge is 2.20. The SMILES string of the molecule is Cc1nc2cc(CC(=O)N3CCC(C)CC3)ccc2o1. The number of benzene rings is 1. The second kappa shape index (κ2) is 5.27. The van der Waals surface area contributed by atoms with Crippen LogP contribution in [0.25, 0.3) is 11.1 Å². The maximum absolute atomic E-state index is 12.3. The van der Waals surface area contributed by atoms with E-state index >= 15 is 0 Å². The zero-order chi connectivity index (χ0) is 14.1. The van der Waals surface area contributed by atoms with Crippen molar-refractivity contribution < 1.29 is 9.21 Å². The molecule has 0 aliphatic carbocycles. The maximum atomic E-state index is 12.3. The number of rotatable bonds is 2. The first kappa shape index (κ1) is 13.2. The van der Waals surface area contributed by atoms with Gasteiger partial charge in [0.05, 0.1) is 6.42 Å². The lowest BCUT2D eigenvalue weighted by molar-refractivity contribution is -0.131. The maximum Gasteiger partial charge on any atom is 0.226 e. The third-order valence-electron chi connectivity index (χ3n) is 4.05. The van der Waals surface area contributed by atoms with Crippen LogP contribution in [0.3, 0.4) is 0 Å². The standard InChI is InChI=1S/C16H20N2O2/c1-11-5-7-18(8-6-11)16(19)10-13-3-4-15-14(9-13)17-12(2)20-15/h3-4,9,11H,5-8,10H2,1-2H3. The topological polar surface area (TPSA) is 46.3 Å². The van der Waals surface area contributed by atoms with E-state index < -0.39 is 0 Å². The van der Waals surface area contributed by atoms with Crippen molar-refractivity contribution in [3.8, 4) is 0 Å². The zero-order valence-corrected chi connectivity index (χ0v) is 12.1. The summed E-state index contributed by atoms with van der Waals surface area (Å²) in [6, 6.07) is 5.81. The minimum Gasteiger partial charge on any atom is -0.441 e.